The molecule has 5 heteroatoms. The van der Waals surface area contributed by atoms with E-state index >= 15 is 0 Å². The molecule has 0 aromatic heterocycles. The maximum atomic E-state index is 13.4. The summed E-state index contributed by atoms with van der Waals surface area (Å²) in [7, 11) is 1.69. The molecule has 3 atom stereocenters. The van der Waals surface area contributed by atoms with Crippen molar-refractivity contribution in [3.8, 4) is 16.9 Å². The minimum atomic E-state index is -0.0130. The second-order valence-electron chi connectivity index (χ2n) is 8.85. The summed E-state index contributed by atoms with van der Waals surface area (Å²) in [5, 5.41) is 13.6. The number of methoxy groups -OCH3 is 1. The van der Waals surface area contributed by atoms with E-state index in [9.17, 15) is 9.90 Å². The summed E-state index contributed by atoms with van der Waals surface area (Å²) in [5.41, 5.74) is 4.33. The molecule has 2 aliphatic heterocycles. The van der Waals surface area contributed by atoms with Crippen LogP contribution in [0.1, 0.15) is 43.7 Å². The zero-order valence-corrected chi connectivity index (χ0v) is 17.5. The Hall–Kier alpha value is -2.53. The van der Waals surface area contributed by atoms with E-state index in [2.05, 4.69) is 34.5 Å². The summed E-state index contributed by atoms with van der Waals surface area (Å²) in [6, 6.07) is 14.5. The first-order chi connectivity index (χ1) is 14.7. The molecule has 3 aliphatic rings. The number of nitrogens with one attached hydrogen (secondary N) is 1. The van der Waals surface area contributed by atoms with Gasteiger partial charge in [-0.1, -0.05) is 37.1 Å². The number of carbonyl (C=O) groups is 1. The van der Waals surface area contributed by atoms with Gasteiger partial charge in [0.05, 0.1) is 25.8 Å². The standard InChI is InChI=1S/C25H30N2O3/c1-30-23-9-5-4-8-18(23)17-10-11-21-20(14-17)24-19(22(15-28)26-21)12-13-27(24)25(29)16-6-2-3-7-16/h4-5,8-11,14,16,19,22,24,26,28H,2-3,6-7,12-13,15H2,1H3/t19-,22+,24-/m1/s1. The van der Waals surface area contributed by atoms with Gasteiger partial charge in [-0.2, -0.15) is 0 Å². The summed E-state index contributed by atoms with van der Waals surface area (Å²) in [4.78, 5) is 15.5. The van der Waals surface area contributed by atoms with Gasteiger partial charge in [0.25, 0.3) is 0 Å². The van der Waals surface area contributed by atoms with E-state index in [1.54, 1.807) is 7.11 Å². The van der Waals surface area contributed by atoms with E-state index < -0.39 is 0 Å². The molecule has 0 radical (unpaired) electrons. The molecule has 5 rings (SSSR count). The van der Waals surface area contributed by atoms with Crippen LogP contribution in [0.15, 0.2) is 42.5 Å². The van der Waals surface area contributed by atoms with Crippen molar-refractivity contribution in [3.05, 3.63) is 48.0 Å². The quantitative estimate of drug-likeness (QED) is 0.798. The molecule has 0 unspecified atom stereocenters. The fourth-order valence-electron chi connectivity index (χ4n) is 5.77. The number of ether oxygens (including phenoxy) is 1. The largest absolute Gasteiger partial charge is 0.496 e. The highest BCUT2D eigenvalue weighted by Gasteiger charge is 2.47. The number of amides is 1. The molecule has 2 aromatic carbocycles. The average Bonchev–Trinajstić information content (AvgIpc) is 3.48. The monoisotopic (exact) mass is 406 g/mol. The maximum absolute atomic E-state index is 13.4. The van der Waals surface area contributed by atoms with Gasteiger partial charge in [-0.05, 0) is 48.6 Å². The van der Waals surface area contributed by atoms with Gasteiger partial charge in [0.2, 0.25) is 5.91 Å². The molecule has 2 N–H and O–H groups in total. The Morgan fingerprint density at radius 1 is 1.17 bits per heavy atom. The van der Waals surface area contributed by atoms with Gasteiger partial charge in [-0.25, -0.2) is 0 Å². The maximum Gasteiger partial charge on any atom is 0.226 e. The second-order valence-corrected chi connectivity index (χ2v) is 8.85. The number of para-hydroxylation sites is 1. The molecular formula is C25H30N2O3. The minimum absolute atomic E-state index is 0.0130. The number of benzene rings is 2. The second kappa shape index (κ2) is 7.95. The van der Waals surface area contributed by atoms with Crippen LogP contribution in [0, 0.1) is 11.8 Å². The van der Waals surface area contributed by atoms with Crippen molar-refractivity contribution in [1.29, 1.82) is 0 Å². The number of hydrogen-bond donors (Lipinski definition) is 2. The molecule has 1 saturated heterocycles. The normalized spacial score (nSPS) is 25.5. The lowest BCUT2D eigenvalue weighted by molar-refractivity contribution is -0.136. The average molecular weight is 407 g/mol. The third-order valence-corrected chi connectivity index (χ3v) is 7.27. The van der Waals surface area contributed by atoms with Crippen LogP contribution in [0.25, 0.3) is 11.1 Å². The van der Waals surface area contributed by atoms with Gasteiger partial charge >= 0.3 is 0 Å². The van der Waals surface area contributed by atoms with Crippen LogP contribution in [-0.2, 0) is 4.79 Å². The van der Waals surface area contributed by atoms with Crippen molar-refractivity contribution in [2.75, 3.05) is 25.6 Å². The molecule has 1 amide bonds. The van der Waals surface area contributed by atoms with E-state index in [0.717, 1.165) is 66.8 Å². The summed E-state index contributed by atoms with van der Waals surface area (Å²) < 4.78 is 5.58. The number of anilines is 1. The smallest absolute Gasteiger partial charge is 0.226 e. The van der Waals surface area contributed by atoms with E-state index in [-0.39, 0.29) is 30.5 Å². The lowest BCUT2D eigenvalue weighted by Gasteiger charge is -2.40. The number of aliphatic hydroxyl groups excluding tert-OH is 1. The third kappa shape index (κ3) is 3.16. The van der Waals surface area contributed by atoms with Crippen molar-refractivity contribution in [2.24, 2.45) is 11.8 Å². The lowest BCUT2D eigenvalue weighted by Crippen LogP contribution is -2.44. The van der Waals surface area contributed by atoms with Crippen molar-refractivity contribution in [2.45, 2.75) is 44.2 Å². The van der Waals surface area contributed by atoms with E-state index in [1.807, 2.05) is 18.2 Å². The first-order valence-corrected chi connectivity index (χ1v) is 11.2. The zero-order chi connectivity index (χ0) is 20.7. The summed E-state index contributed by atoms with van der Waals surface area (Å²) in [6.45, 7) is 0.863. The Kier molecular flexibility index (Phi) is 5.15. The minimum Gasteiger partial charge on any atom is -0.496 e. The molecule has 5 nitrogen and oxygen atoms in total. The number of carbonyl (C=O) groups excluding carboxylic acids is 1. The molecule has 0 bridgehead atoms. The predicted octanol–water partition coefficient (Wildman–Crippen LogP) is 4.23. The van der Waals surface area contributed by atoms with Gasteiger partial charge in [-0.15, -0.1) is 0 Å². The molecule has 158 valence electrons. The Bertz CT molecular complexity index is 938. The van der Waals surface area contributed by atoms with Gasteiger partial charge in [0.15, 0.2) is 0 Å². The fraction of sp³-hybridized carbons (Fsp3) is 0.480. The van der Waals surface area contributed by atoms with Crippen LogP contribution in [0.4, 0.5) is 5.69 Å². The van der Waals surface area contributed by atoms with Crippen LogP contribution in [-0.4, -0.2) is 42.2 Å². The number of aliphatic hydroxyl groups is 1. The zero-order valence-electron chi connectivity index (χ0n) is 17.5. The van der Waals surface area contributed by atoms with Crippen molar-refractivity contribution < 1.29 is 14.6 Å². The highest BCUT2D eigenvalue weighted by atomic mass is 16.5. The number of rotatable bonds is 4. The van der Waals surface area contributed by atoms with Gasteiger partial charge in [0.1, 0.15) is 5.75 Å². The van der Waals surface area contributed by atoms with Crippen LogP contribution in [0.5, 0.6) is 5.75 Å². The molecule has 1 aliphatic carbocycles. The number of nitrogens with zero attached hydrogens (tertiary/aromatic N) is 1. The van der Waals surface area contributed by atoms with Crippen LogP contribution in [0.3, 0.4) is 0 Å². The Morgan fingerprint density at radius 2 is 1.97 bits per heavy atom. The highest BCUT2D eigenvalue weighted by Crippen LogP contribution is 2.48. The molecule has 2 aromatic rings. The Morgan fingerprint density at radius 3 is 2.73 bits per heavy atom. The van der Waals surface area contributed by atoms with Crippen LogP contribution < -0.4 is 10.1 Å². The van der Waals surface area contributed by atoms with Gasteiger partial charge in [-0.3, -0.25) is 4.79 Å². The lowest BCUT2D eigenvalue weighted by atomic mass is 9.82. The molecule has 0 spiro atoms. The third-order valence-electron chi connectivity index (χ3n) is 7.27. The van der Waals surface area contributed by atoms with Gasteiger partial charge < -0.3 is 20.1 Å². The van der Waals surface area contributed by atoms with Crippen molar-refractivity contribution in [1.82, 2.24) is 4.90 Å². The highest BCUT2D eigenvalue weighted by molar-refractivity contribution is 5.81. The van der Waals surface area contributed by atoms with E-state index in [1.165, 1.54) is 0 Å². The molecular weight excluding hydrogens is 376 g/mol. The summed E-state index contributed by atoms with van der Waals surface area (Å²) in [6.07, 6.45) is 5.28. The Balaban J connectivity index is 1.56. The van der Waals surface area contributed by atoms with Crippen molar-refractivity contribution >= 4 is 11.6 Å². The summed E-state index contributed by atoms with van der Waals surface area (Å²) >= 11 is 0. The number of fused-ring (bicyclic) bond motifs is 3. The molecule has 1 saturated carbocycles. The molecule has 2 heterocycles. The van der Waals surface area contributed by atoms with Crippen molar-refractivity contribution in [3.63, 3.8) is 0 Å². The van der Waals surface area contributed by atoms with E-state index in [4.69, 9.17) is 4.74 Å². The van der Waals surface area contributed by atoms with Gasteiger partial charge in [0, 0.05) is 29.6 Å². The molecule has 30 heavy (non-hydrogen) atoms. The number of hydrogen-bond acceptors (Lipinski definition) is 4. The summed E-state index contributed by atoms with van der Waals surface area (Å²) in [5.74, 6) is 1.57. The molecule has 2 fully saturated rings. The Labute approximate surface area is 178 Å². The number of likely N-dealkylation sites (tertiary alicyclic amines) is 1. The predicted molar refractivity (Wildman–Crippen MR) is 117 cm³/mol. The SMILES string of the molecule is COc1ccccc1-c1ccc2c(c1)[C@H]1[C@H](CCN1C(=O)C1CCCC1)[C@H](CO)N2. The van der Waals surface area contributed by atoms with Crippen LogP contribution in [0.2, 0.25) is 0 Å². The van der Waals surface area contributed by atoms with Crippen LogP contribution >= 0.6 is 0 Å². The topological polar surface area (TPSA) is 61.8 Å². The van der Waals surface area contributed by atoms with E-state index in [0.29, 0.717) is 5.91 Å². The fourth-order valence-corrected chi connectivity index (χ4v) is 5.77. The first-order valence-electron chi connectivity index (χ1n) is 11.2. The first kappa shape index (κ1) is 19.4.